The smallest absolute Gasteiger partial charge is 0.317 e. The number of benzene rings is 1. The van der Waals surface area contributed by atoms with Gasteiger partial charge in [-0.25, -0.2) is 4.79 Å². The zero-order valence-electron chi connectivity index (χ0n) is 16.2. The molecular weight excluding hydrogens is 362 g/mol. The van der Waals surface area contributed by atoms with Gasteiger partial charge in [-0.3, -0.25) is 4.79 Å². The van der Waals surface area contributed by atoms with E-state index in [0.29, 0.717) is 39.2 Å². The van der Waals surface area contributed by atoms with Crippen LogP contribution in [-0.4, -0.2) is 79.9 Å². The largest absolute Gasteiger partial charge is 0.486 e. The molecule has 2 fully saturated rings. The second kappa shape index (κ2) is 7.87. The highest BCUT2D eigenvalue weighted by atomic mass is 16.6. The Hall–Kier alpha value is -2.48. The standard InChI is InChI=1S/C20H27N3O5/c1-22-14-20(27-13-18(22)24)7-10-23(11-8-20)19(25)21-9-6-15-12-26-16-4-2-3-5-17(16)28-15/h2-5,15H,6-14H2,1H3,(H,21,25)/t15-/m1/s1. The number of nitrogens with one attached hydrogen (secondary N) is 1. The van der Waals surface area contributed by atoms with Gasteiger partial charge in [-0.2, -0.15) is 0 Å². The van der Waals surface area contributed by atoms with Gasteiger partial charge in [-0.1, -0.05) is 12.1 Å². The number of hydrogen-bond donors (Lipinski definition) is 1. The fraction of sp³-hybridized carbons (Fsp3) is 0.600. The molecule has 1 aromatic carbocycles. The molecule has 8 nitrogen and oxygen atoms in total. The number of fused-ring (bicyclic) bond motifs is 1. The number of amides is 3. The summed E-state index contributed by atoms with van der Waals surface area (Å²) in [6.07, 6.45) is 2.11. The van der Waals surface area contributed by atoms with Crippen LogP contribution in [0.15, 0.2) is 24.3 Å². The van der Waals surface area contributed by atoms with E-state index >= 15 is 0 Å². The van der Waals surface area contributed by atoms with E-state index in [1.807, 2.05) is 29.2 Å². The average molecular weight is 389 g/mol. The van der Waals surface area contributed by atoms with Gasteiger partial charge in [0.05, 0.1) is 5.60 Å². The number of para-hydroxylation sites is 2. The topological polar surface area (TPSA) is 80.3 Å². The quantitative estimate of drug-likeness (QED) is 0.842. The molecular formula is C20H27N3O5. The third-order valence-electron chi connectivity index (χ3n) is 5.72. The maximum atomic E-state index is 12.5. The van der Waals surface area contributed by atoms with Gasteiger partial charge in [-0.05, 0) is 25.0 Å². The summed E-state index contributed by atoms with van der Waals surface area (Å²) >= 11 is 0. The van der Waals surface area contributed by atoms with Crippen LogP contribution in [-0.2, 0) is 9.53 Å². The van der Waals surface area contributed by atoms with Gasteiger partial charge < -0.3 is 29.3 Å². The fourth-order valence-corrected chi connectivity index (χ4v) is 3.97. The molecule has 1 atom stereocenters. The van der Waals surface area contributed by atoms with Gasteiger partial charge in [0.1, 0.15) is 19.3 Å². The SMILES string of the molecule is CN1CC2(CCN(C(=O)NCC[C@@H]3COc4ccccc4O3)CC2)OCC1=O. The Morgan fingerprint density at radius 2 is 2.00 bits per heavy atom. The van der Waals surface area contributed by atoms with Crippen molar-refractivity contribution >= 4 is 11.9 Å². The molecule has 3 heterocycles. The summed E-state index contributed by atoms with van der Waals surface area (Å²) in [6.45, 7) is 3.01. The van der Waals surface area contributed by atoms with Crippen LogP contribution < -0.4 is 14.8 Å². The number of carbonyl (C=O) groups is 2. The van der Waals surface area contributed by atoms with E-state index in [2.05, 4.69) is 5.32 Å². The number of nitrogens with zero attached hydrogens (tertiary/aromatic N) is 2. The van der Waals surface area contributed by atoms with E-state index in [-0.39, 0.29) is 30.3 Å². The monoisotopic (exact) mass is 389 g/mol. The van der Waals surface area contributed by atoms with E-state index in [0.717, 1.165) is 24.3 Å². The molecule has 8 heteroatoms. The van der Waals surface area contributed by atoms with Crippen LogP contribution in [0.2, 0.25) is 0 Å². The number of ether oxygens (including phenoxy) is 3. The van der Waals surface area contributed by atoms with Crippen LogP contribution in [0.4, 0.5) is 4.79 Å². The van der Waals surface area contributed by atoms with Gasteiger partial charge in [0.2, 0.25) is 5.91 Å². The summed E-state index contributed by atoms with van der Waals surface area (Å²) in [7, 11) is 1.81. The second-order valence-electron chi connectivity index (χ2n) is 7.73. The molecule has 0 aromatic heterocycles. The molecule has 4 rings (SSSR count). The minimum atomic E-state index is -0.305. The molecule has 3 aliphatic heterocycles. The summed E-state index contributed by atoms with van der Waals surface area (Å²) in [5, 5.41) is 2.98. The zero-order valence-corrected chi connectivity index (χ0v) is 16.2. The van der Waals surface area contributed by atoms with Crippen molar-refractivity contribution in [1.82, 2.24) is 15.1 Å². The first kappa shape index (κ1) is 18.9. The Balaban J connectivity index is 1.19. The summed E-state index contributed by atoms with van der Waals surface area (Å²) in [6, 6.07) is 7.55. The van der Waals surface area contributed by atoms with Gasteiger partial charge in [0.25, 0.3) is 0 Å². The summed E-state index contributed by atoms with van der Waals surface area (Å²) in [5.41, 5.74) is -0.305. The average Bonchev–Trinajstić information content (AvgIpc) is 2.71. The molecule has 152 valence electrons. The van der Waals surface area contributed by atoms with E-state index in [1.54, 1.807) is 11.9 Å². The molecule has 1 spiro atoms. The molecule has 0 unspecified atom stereocenters. The molecule has 1 N–H and O–H groups in total. The predicted octanol–water partition coefficient (Wildman–Crippen LogP) is 1.25. The predicted molar refractivity (Wildman–Crippen MR) is 101 cm³/mol. The molecule has 0 bridgehead atoms. The van der Waals surface area contributed by atoms with E-state index in [1.165, 1.54) is 0 Å². The van der Waals surface area contributed by atoms with Crippen molar-refractivity contribution in [2.45, 2.75) is 31.0 Å². The molecule has 1 aromatic rings. The lowest BCUT2D eigenvalue weighted by Crippen LogP contribution is -2.59. The Morgan fingerprint density at radius 1 is 1.25 bits per heavy atom. The molecule has 0 radical (unpaired) electrons. The summed E-state index contributed by atoms with van der Waals surface area (Å²) in [4.78, 5) is 27.6. The minimum absolute atomic E-state index is 0.0160. The second-order valence-corrected chi connectivity index (χ2v) is 7.73. The van der Waals surface area contributed by atoms with Crippen molar-refractivity contribution in [3.63, 3.8) is 0 Å². The van der Waals surface area contributed by atoms with E-state index < -0.39 is 0 Å². The van der Waals surface area contributed by atoms with Gasteiger partial charge in [0.15, 0.2) is 11.5 Å². The van der Waals surface area contributed by atoms with Gasteiger partial charge >= 0.3 is 6.03 Å². The summed E-state index contributed by atoms with van der Waals surface area (Å²) < 4.78 is 17.4. The normalized spacial score (nSPS) is 23.6. The number of likely N-dealkylation sites (N-methyl/N-ethyl adjacent to an activating group) is 1. The van der Waals surface area contributed by atoms with Crippen molar-refractivity contribution < 1.29 is 23.8 Å². The van der Waals surface area contributed by atoms with Crippen molar-refractivity contribution in [3.8, 4) is 11.5 Å². The highest BCUT2D eigenvalue weighted by Crippen LogP contribution is 2.32. The van der Waals surface area contributed by atoms with E-state index in [9.17, 15) is 9.59 Å². The number of hydrogen-bond acceptors (Lipinski definition) is 5. The first-order chi connectivity index (χ1) is 13.5. The third kappa shape index (κ3) is 4.01. The van der Waals surface area contributed by atoms with Crippen LogP contribution in [0.25, 0.3) is 0 Å². The number of urea groups is 1. The lowest BCUT2D eigenvalue weighted by Gasteiger charge is -2.46. The number of carbonyl (C=O) groups excluding carboxylic acids is 2. The Morgan fingerprint density at radius 3 is 2.75 bits per heavy atom. The van der Waals surface area contributed by atoms with Crippen LogP contribution in [0.3, 0.4) is 0 Å². The number of piperidine rings is 1. The van der Waals surface area contributed by atoms with Crippen molar-refractivity contribution in [2.24, 2.45) is 0 Å². The fourth-order valence-electron chi connectivity index (χ4n) is 3.97. The van der Waals surface area contributed by atoms with Crippen molar-refractivity contribution in [1.29, 1.82) is 0 Å². The van der Waals surface area contributed by atoms with Crippen LogP contribution in [0, 0.1) is 0 Å². The molecule has 2 saturated heterocycles. The Kier molecular flexibility index (Phi) is 5.30. The minimum Gasteiger partial charge on any atom is -0.486 e. The van der Waals surface area contributed by atoms with E-state index in [4.69, 9.17) is 14.2 Å². The summed E-state index contributed by atoms with van der Waals surface area (Å²) in [5.74, 6) is 1.53. The molecule has 3 amide bonds. The number of rotatable bonds is 3. The number of likely N-dealkylation sites (tertiary alicyclic amines) is 1. The lowest BCUT2D eigenvalue weighted by atomic mass is 9.89. The first-order valence-electron chi connectivity index (χ1n) is 9.84. The highest BCUT2D eigenvalue weighted by molar-refractivity contribution is 5.78. The Bertz CT molecular complexity index is 732. The molecule has 28 heavy (non-hydrogen) atoms. The van der Waals surface area contributed by atoms with Crippen molar-refractivity contribution in [2.75, 3.05) is 46.4 Å². The van der Waals surface area contributed by atoms with Gasteiger partial charge in [-0.15, -0.1) is 0 Å². The zero-order chi connectivity index (χ0) is 19.6. The molecule has 0 saturated carbocycles. The van der Waals surface area contributed by atoms with Crippen LogP contribution >= 0.6 is 0 Å². The van der Waals surface area contributed by atoms with Crippen LogP contribution in [0.5, 0.6) is 11.5 Å². The highest BCUT2D eigenvalue weighted by Gasteiger charge is 2.41. The van der Waals surface area contributed by atoms with Crippen LogP contribution in [0.1, 0.15) is 19.3 Å². The first-order valence-corrected chi connectivity index (χ1v) is 9.84. The Labute approximate surface area is 164 Å². The van der Waals surface area contributed by atoms with Gasteiger partial charge in [0, 0.05) is 39.6 Å². The maximum Gasteiger partial charge on any atom is 0.317 e. The lowest BCUT2D eigenvalue weighted by molar-refractivity contribution is -0.167. The van der Waals surface area contributed by atoms with Crippen molar-refractivity contribution in [3.05, 3.63) is 24.3 Å². The molecule has 3 aliphatic rings. The third-order valence-corrected chi connectivity index (χ3v) is 5.72. The molecule has 0 aliphatic carbocycles. The maximum absolute atomic E-state index is 12.5. The number of morpholine rings is 1.